The topological polar surface area (TPSA) is 121 Å². The number of phenols is 1. The summed E-state index contributed by atoms with van der Waals surface area (Å²) in [6, 6.07) is 7.13. The Hall–Kier alpha value is -2.94. The van der Waals surface area contributed by atoms with Crippen molar-refractivity contribution in [3.63, 3.8) is 0 Å². The molecule has 0 amide bonds. The van der Waals surface area contributed by atoms with Gasteiger partial charge in [0.05, 0.1) is 6.04 Å². The fraction of sp³-hybridized carbons (Fsp3) is 0.444. The van der Waals surface area contributed by atoms with Crippen LogP contribution in [0.5, 0.6) is 5.75 Å². The van der Waals surface area contributed by atoms with Gasteiger partial charge >= 0.3 is 0 Å². The fourth-order valence-corrected chi connectivity index (χ4v) is 2.56. The van der Waals surface area contributed by atoms with Gasteiger partial charge in [0.1, 0.15) is 5.75 Å². The van der Waals surface area contributed by atoms with Crippen molar-refractivity contribution in [1.82, 2.24) is 25.0 Å². The molecule has 3 rings (SSSR count). The van der Waals surface area contributed by atoms with Crippen LogP contribution in [0.15, 0.2) is 24.3 Å². The lowest BCUT2D eigenvalue weighted by Crippen LogP contribution is -2.17. The average molecular weight is 371 g/mol. The van der Waals surface area contributed by atoms with E-state index < -0.39 is 0 Å². The van der Waals surface area contributed by atoms with Crippen LogP contribution in [0.1, 0.15) is 32.4 Å². The van der Waals surface area contributed by atoms with Gasteiger partial charge in [-0.2, -0.15) is 9.97 Å². The lowest BCUT2D eigenvalue weighted by Gasteiger charge is -2.13. The molecule has 0 spiro atoms. The van der Waals surface area contributed by atoms with Crippen molar-refractivity contribution in [2.45, 2.75) is 33.4 Å². The molecule has 0 aliphatic carbocycles. The zero-order valence-electron chi connectivity index (χ0n) is 15.7. The lowest BCUT2D eigenvalue weighted by atomic mass is 10.2. The number of aliphatic hydroxyl groups is 1. The minimum atomic E-state index is 0.0844. The minimum absolute atomic E-state index is 0.0844. The Balaban J connectivity index is 1.91. The number of nitrogens with zero attached hydrogens (tertiary/aromatic N) is 5. The summed E-state index contributed by atoms with van der Waals surface area (Å²) in [5, 5.41) is 33.7. The van der Waals surface area contributed by atoms with E-state index in [4.69, 9.17) is 0 Å². The van der Waals surface area contributed by atoms with E-state index in [0.29, 0.717) is 36.0 Å². The van der Waals surface area contributed by atoms with E-state index >= 15 is 0 Å². The molecule has 144 valence electrons. The standard InChI is InChI=1S/C18H25N7O2/c1-11(2)25-17-15(23-24-25)16(19-9-13-5-4-6-14(27)7-13)21-18(22-17)20-8-12(3)10-26/h4-7,11-12,26-27H,8-10H2,1-3H3,(H2,19,20,21,22)/t12-/m1/s1. The van der Waals surface area contributed by atoms with Crippen molar-refractivity contribution in [3.05, 3.63) is 29.8 Å². The van der Waals surface area contributed by atoms with E-state index in [1.54, 1.807) is 22.9 Å². The molecule has 0 saturated carbocycles. The van der Waals surface area contributed by atoms with Gasteiger partial charge in [-0.25, -0.2) is 4.68 Å². The molecule has 0 fully saturated rings. The first-order chi connectivity index (χ1) is 13.0. The third-order valence-corrected chi connectivity index (χ3v) is 4.10. The predicted molar refractivity (Wildman–Crippen MR) is 104 cm³/mol. The van der Waals surface area contributed by atoms with E-state index in [9.17, 15) is 10.2 Å². The summed E-state index contributed by atoms with van der Waals surface area (Å²) in [6.07, 6.45) is 0. The Labute approximate surface area is 157 Å². The molecule has 0 unspecified atom stereocenters. The summed E-state index contributed by atoms with van der Waals surface area (Å²) in [4.78, 5) is 9.07. The maximum Gasteiger partial charge on any atom is 0.226 e. The molecule has 9 heteroatoms. The molecule has 9 nitrogen and oxygen atoms in total. The third-order valence-electron chi connectivity index (χ3n) is 4.10. The van der Waals surface area contributed by atoms with E-state index in [2.05, 4.69) is 30.9 Å². The molecule has 2 heterocycles. The van der Waals surface area contributed by atoms with Gasteiger partial charge in [-0.05, 0) is 37.5 Å². The van der Waals surface area contributed by atoms with E-state index in [0.717, 1.165) is 5.56 Å². The van der Waals surface area contributed by atoms with Gasteiger partial charge in [0.25, 0.3) is 0 Å². The van der Waals surface area contributed by atoms with Crippen LogP contribution in [0.3, 0.4) is 0 Å². The molecule has 0 bridgehead atoms. The highest BCUT2D eigenvalue weighted by Crippen LogP contribution is 2.23. The second-order valence-electron chi connectivity index (χ2n) is 6.89. The Bertz CT molecular complexity index is 910. The van der Waals surface area contributed by atoms with E-state index in [1.165, 1.54) is 0 Å². The number of hydrogen-bond acceptors (Lipinski definition) is 8. The summed E-state index contributed by atoms with van der Waals surface area (Å²) in [7, 11) is 0. The maximum atomic E-state index is 9.63. The van der Waals surface area contributed by atoms with Crippen molar-refractivity contribution in [2.75, 3.05) is 23.8 Å². The van der Waals surface area contributed by atoms with Gasteiger partial charge in [-0.3, -0.25) is 0 Å². The number of aromatic nitrogens is 5. The maximum absolute atomic E-state index is 9.63. The van der Waals surface area contributed by atoms with Gasteiger partial charge in [0.2, 0.25) is 5.95 Å². The van der Waals surface area contributed by atoms with Crippen LogP contribution >= 0.6 is 0 Å². The van der Waals surface area contributed by atoms with Crippen LogP contribution in [0.4, 0.5) is 11.8 Å². The quantitative estimate of drug-likeness (QED) is 0.475. The highest BCUT2D eigenvalue weighted by atomic mass is 16.3. The summed E-state index contributed by atoms with van der Waals surface area (Å²) >= 11 is 0. The fourth-order valence-electron chi connectivity index (χ4n) is 2.56. The Morgan fingerprint density at radius 1 is 1.15 bits per heavy atom. The van der Waals surface area contributed by atoms with Gasteiger partial charge in [0, 0.05) is 19.7 Å². The van der Waals surface area contributed by atoms with E-state index in [1.807, 2.05) is 26.8 Å². The number of anilines is 2. The predicted octanol–water partition coefficient (Wildman–Crippen LogP) is 2.16. The second kappa shape index (κ2) is 8.17. The molecule has 27 heavy (non-hydrogen) atoms. The number of phenolic OH excluding ortho intramolecular Hbond substituents is 1. The second-order valence-corrected chi connectivity index (χ2v) is 6.89. The van der Waals surface area contributed by atoms with Crippen molar-refractivity contribution in [1.29, 1.82) is 0 Å². The number of aliphatic hydroxyl groups excluding tert-OH is 1. The first-order valence-electron chi connectivity index (χ1n) is 8.97. The summed E-state index contributed by atoms with van der Waals surface area (Å²) < 4.78 is 1.75. The van der Waals surface area contributed by atoms with Crippen LogP contribution in [-0.2, 0) is 6.54 Å². The number of aromatic hydroxyl groups is 1. The Kier molecular flexibility index (Phi) is 5.70. The van der Waals surface area contributed by atoms with Gasteiger partial charge < -0.3 is 20.8 Å². The monoisotopic (exact) mass is 371 g/mol. The molecule has 0 aliphatic heterocycles. The van der Waals surface area contributed by atoms with Crippen LogP contribution < -0.4 is 10.6 Å². The molecular weight excluding hydrogens is 346 g/mol. The van der Waals surface area contributed by atoms with Crippen LogP contribution in [-0.4, -0.2) is 48.3 Å². The number of nitrogens with one attached hydrogen (secondary N) is 2. The Morgan fingerprint density at radius 2 is 1.96 bits per heavy atom. The van der Waals surface area contributed by atoms with Crippen LogP contribution in [0.25, 0.3) is 11.2 Å². The number of hydrogen-bond donors (Lipinski definition) is 4. The largest absolute Gasteiger partial charge is 0.508 e. The molecule has 0 aliphatic rings. The van der Waals surface area contributed by atoms with Crippen molar-refractivity contribution in [2.24, 2.45) is 5.92 Å². The SMILES string of the molecule is CC(C)n1nnc2c(NCc3cccc(O)c3)nc(NC[C@@H](C)CO)nc21. The highest BCUT2D eigenvalue weighted by Gasteiger charge is 2.16. The van der Waals surface area contributed by atoms with Gasteiger partial charge in [-0.1, -0.05) is 24.3 Å². The smallest absolute Gasteiger partial charge is 0.226 e. The average Bonchev–Trinajstić information content (AvgIpc) is 3.08. The number of rotatable bonds is 8. The number of benzene rings is 1. The molecule has 3 aromatic rings. The highest BCUT2D eigenvalue weighted by molar-refractivity contribution is 5.83. The molecule has 1 atom stereocenters. The molecule has 0 saturated heterocycles. The lowest BCUT2D eigenvalue weighted by molar-refractivity contribution is 0.244. The van der Waals surface area contributed by atoms with Crippen LogP contribution in [0, 0.1) is 5.92 Å². The molecule has 0 radical (unpaired) electrons. The third kappa shape index (κ3) is 4.43. The number of fused-ring (bicyclic) bond motifs is 1. The molecular formula is C18H25N7O2. The van der Waals surface area contributed by atoms with Crippen molar-refractivity contribution < 1.29 is 10.2 Å². The summed E-state index contributed by atoms with van der Waals surface area (Å²) in [5.41, 5.74) is 2.14. The van der Waals surface area contributed by atoms with Gasteiger partial charge in [0.15, 0.2) is 17.0 Å². The first kappa shape index (κ1) is 18.8. The van der Waals surface area contributed by atoms with E-state index in [-0.39, 0.29) is 24.3 Å². The molecule has 1 aromatic carbocycles. The zero-order chi connectivity index (χ0) is 19.4. The van der Waals surface area contributed by atoms with Crippen LogP contribution in [0.2, 0.25) is 0 Å². The Morgan fingerprint density at radius 3 is 2.67 bits per heavy atom. The normalized spacial score (nSPS) is 12.5. The minimum Gasteiger partial charge on any atom is -0.508 e. The molecule has 4 N–H and O–H groups in total. The summed E-state index contributed by atoms with van der Waals surface area (Å²) in [6.45, 7) is 7.07. The first-order valence-corrected chi connectivity index (χ1v) is 8.97. The molecule has 2 aromatic heterocycles. The van der Waals surface area contributed by atoms with Crippen molar-refractivity contribution >= 4 is 22.9 Å². The summed E-state index contributed by atoms with van der Waals surface area (Å²) in [5.74, 6) is 1.31. The van der Waals surface area contributed by atoms with Crippen molar-refractivity contribution in [3.8, 4) is 5.75 Å². The van der Waals surface area contributed by atoms with Gasteiger partial charge in [-0.15, -0.1) is 5.10 Å². The zero-order valence-corrected chi connectivity index (χ0v) is 15.7.